The second kappa shape index (κ2) is 11.3. The summed E-state index contributed by atoms with van der Waals surface area (Å²) >= 11 is 0. The molecule has 1 aromatic carbocycles. The van der Waals surface area contributed by atoms with Gasteiger partial charge in [-0.2, -0.15) is 13.2 Å². The molecule has 1 atom stereocenters. The average molecular weight is 446 g/mol. The van der Waals surface area contributed by atoms with E-state index in [1.165, 1.54) is 0 Å². The fourth-order valence-corrected chi connectivity index (χ4v) is 2.26. The largest absolute Gasteiger partial charge is 0.471 e. The lowest BCUT2D eigenvalue weighted by Gasteiger charge is -2.22. The van der Waals surface area contributed by atoms with Gasteiger partial charge in [-0.25, -0.2) is 9.59 Å². The lowest BCUT2D eigenvalue weighted by molar-refractivity contribution is -0.173. The molecule has 1 aromatic rings. The predicted octanol–water partition coefficient (Wildman–Crippen LogP) is 2.65. The molecule has 0 aliphatic heterocycles. The number of ether oxygens (including phenoxy) is 2. The average Bonchev–Trinajstić information content (AvgIpc) is 2.66. The van der Waals surface area contributed by atoms with Gasteiger partial charge in [0.15, 0.2) is 0 Å². The first-order chi connectivity index (χ1) is 14.3. The summed E-state index contributed by atoms with van der Waals surface area (Å²) in [4.78, 5) is 47.4. The van der Waals surface area contributed by atoms with Gasteiger partial charge in [-0.3, -0.25) is 9.59 Å². The van der Waals surface area contributed by atoms with Crippen LogP contribution in [0.5, 0.6) is 0 Å². The Morgan fingerprint density at radius 2 is 1.65 bits per heavy atom. The van der Waals surface area contributed by atoms with Crippen molar-refractivity contribution in [1.82, 2.24) is 10.6 Å². The third-order valence-corrected chi connectivity index (χ3v) is 3.63. The molecule has 0 aliphatic carbocycles. The smallest absolute Gasteiger partial charge is 0.455 e. The molecule has 172 valence electrons. The maximum atomic E-state index is 12.4. The fourth-order valence-electron chi connectivity index (χ4n) is 2.26. The highest BCUT2D eigenvalue weighted by Crippen LogP contribution is 2.14. The summed E-state index contributed by atoms with van der Waals surface area (Å²) in [6.45, 7) is 4.17. The molecule has 1 rings (SSSR count). The molecule has 0 spiro atoms. The zero-order valence-corrected chi connectivity index (χ0v) is 17.4. The van der Waals surface area contributed by atoms with E-state index < -0.39 is 48.1 Å². The maximum Gasteiger partial charge on any atom is 0.471 e. The van der Waals surface area contributed by atoms with Crippen LogP contribution in [-0.4, -0.2) is 48.1 Å². The van der Waals surface area contributed by atoms with Gasteiger partial charge in [-0.15, -0.1) is 0 Å². The quantitative estimate of drug-likeness (QED) is 0.343. The molecule has 0 saturated carbocycles. The monoisotopic (exact) mass is 446 g/mol. The van der Waals surface area contributed by atoms with Crippen molar-refractivity contribution in [3.8, 4) is 0 Å². The van der Waals surface area contributed by atoms with E-state index >= 15 is 0 Å². The highest BCUT2D eigenvalue weighted by atomic mass is 19.4. The van der Waals surface area contributed by atoms with Gasteiger partial charge in [0, 0.05) is 6.54 Å². The van der Waals surface area contributed by atoms with Gasteiger partial charge >= 0.3 is 24.1 Å². The Kier molecular flexibility index (Phi) is 9.47. The molecule has 11 heteroatoms. The van der Waals surface area contributed by atoms with Gasteiger partial charge < -0.3 is 20.1 Å². The van der Waals surface area contributed by atoms with Gasteiger partial charge in [0.25, 0.3) is 5.78 Å². The van der Waals surface area contributed by atoms with Crippen LogP contribution in [0, 0.1) is 0 Å². The number of amides is 2. The van der Waals surface area contributed by atoms with Gasteiger partial charge in [-0.05, 0) is 39.2 Å². The summed E-state index contributed by atoms with van der Waals surface area (Å²) in [6.07, 6.45) is -6.37. The molecule has 0 fully saturated rings. The zero-order chi connectivity index (χ0) is 23.7. The van der Waals surface area contributed by atoms with Crippen LogP contribution in [0.15, 0.2) is 30.3 Å². The topological polar surface area (TPSA) is 111 Å². The molecular weight excluding hydrogens is 421 g/mol. The Balaban J connectivity index is 2.71. The van der Waals surface area contributed by atoms with E-state index in [1.54, 1.807) is 56.4 Å². The summed E-state index contributed by atoms with van der Waals surface area (Å²) in [6, 6.07) is 7.14. The van der Waals surface area contributed by atoms with Crippen LogP contribution < -0.4 is 10.6 Å². The number of hydrogen-bond donors (Lipinski definition) is 2. The van der Waals surface area contributed by atoms with Gasteiger partial charge in [0.05, 0.1) is 0 Å². The van der Waals surface area contributed by atoms with E-state index in [4.69, 9.17) is 9.47 Å². The first kappa shape index (κ1) is 25.9. The minimum Gasteiger partial charge on any atom is -0.455 e. The SMILES string of the molecule is CC(C)(C)OC(=O)N[C@@H](CCCNC(=O)C(F)(F)F)C(=O)C(=O)OCc1ccccc1. The number of ketones is 1. The number of carbonyl (C=O) groups excluding carboxylic acids is 4. The number of esters is 1. The molecule has 2 N–H and O–H groups in total. The summed E-state index contributed by atoms with van der Waals surface area (Å²) < 4.78 is 46.7. The predicted molar refractivity (Wildman–Crippen MR) is 103 cm³/mol. The van der Waals surface area contributed by atoms with E-state index in [0.29, 0.717) is 5.56 Å². The number of rotatable bonds is 9. The lowest BCUT2D eigenvalue weighted by atomic mass is 10.1. The van der Waals surface area contributed by atoms with E-state index in [9.17, 15) is 32.3 Å². The molecule has 0 aliphatic rings. The first-order valence-electron chi connectivity index (χ1n) is 9.39. The summed E-state index contributed by atoms with van der Waals surface area (Å²) in [5.74, 6) is -4.44. The minimum atomic E-state index is -5.04. The van der Waals surface area contributed by atoms with Gasteiger partial charge in [0.2, 0.25) is 0 Å². The number of benzene rings is 1. The van der Waals surface area contributed by atoms with E-state index in [-0.39, 0.29) is 19.4 Å². The Morgan fingerprint density at radius 1 is 1.03 bits per heavy atom. The first-order valence-corrected chi connectivity index (χ1v) is 9.39. The van der Waals surface area contributed by atoms with E-state index in [2.05, 4.69) is 5.32 Å². The second-order valence-corrected chi connectivity index (χ2v) is 7.52. The number of nitrogens with one attached hydrogen (secondary N) is 2. The van der Waals surface area contributed by atoms with Crippen LogP contribution in [0.2, 0.25) is 0 Å². The van der Waals surface area contributed by atoms with E-state index in [0.717, 1.165) is 0 Å². The van der Waals surface area contributed by atoms with Crippen LogP contribution in [0.25, 0.3) is 0 Å². The van der Waals surface area contributed by atoms with Crippen molar-refractivity contribution in [3.05, 3.63) is 35.9 Å². The second-order valence-electron chi connectivity index (χ2n) is 7.52. The van der Waals surface area contributed by atoms with Crippen LogP contribution in [0.3, 0.4) is 0 Å². The van der Waals surface area contributed by atoms with Crippen molar-refractivity contribution in [3.63, 3.8) is 0 Å². The third-order valence-electron chi connectivity index (χ3n) is 3.63. The molecule has 0 heterocycles. The van der Waals surface area contributed by atoms with Crippen molar-refractivity contribution >= 4 is 23.8 Å². The third kappa shape index (κ3) is 10.5. The summed E-state index contributed by atoms with van der Waals surface area (Å²) in [5.41, 5.74) is -0.248. The summed E-state index contributed by atoms with van der Waals surface area (Å²) in [5, 5.41) is 3.87. The van der Waals surface area contributed by atoms with Crippen molar-refractivity contribution in [2.24, 2.45) is 0 Å². The van der Waals surface area contributed by atoms with E-state index in [1.807, 2.05) is 0 Å². The molecule has 31 heavy (non-hydrogen) atoms. The Morgan fingerprint density at radius 3 is 2.19 bits per heavy atom. The normalized spacial score (nSPS) is 12.5. The minimum absolute atomic E-state index is 0.125. The number of alkyl halides is 3. The maximum absolute atomic E-state index is 12.4. The number of halogens is 3. The Bertz CT molecular complexity index is 775. The Hall–Kier alpha value is -3.11. The number of carbonyl (C=O) groups is 4. The van der Waals surface area contributed by atoms with Gasteiger partial charge in [-0.1, -0.05) is 30.3 Å². The molecule has 0 unspecified atom stereocenters. The van der Waals surface area contributed by atoms with Crippen LogP contribution >= 0.6 is 0 Å². The highest BCUT2D eigenvalue weighted by molar-refractivity contribution is 6.36. The van der Waals surface area contributed by atoms with Crippen LogP contribution in [-0.2, 0) is 30.5 Å². The summed E-state index contributed by atoms with van der Waals surface area (Å²) in [7, 11) is 0. The van der Waals surface area contributed by atoms with Crippen molar-refractivity contribution in [2.75, 3.05) is 6.54 Å². The number of Topliss-reactive ketones (excluding diaryl/α,β-unsaturated/α-hetero) is 1. The highest BCUT2D eigenvalue weighted by Gasteiger charge is 2.38. The van der Waals surface area contributed by atoms with Crippen LogP contribution in [0.1, 0.15) is 39.2 Å². The Labute approximate surface area is 177 Å². The molecule has 0 bridgehead atoms. The molecule has 0 radical (unpaired) electrons. The van der Waals surface area contributed by atoms with Crippen molar-refractivity contribution in [1.29, 1.82) is 0 Å². The van der Waals surface area contributed by atoms with Gasteiger partial charge in [0.1, 0.15) is 18.2 Å². The standard InChI is InChI=1S/C20H25F3N2O6/c1-19(2,3)31-18(29)25-14(10-7-11-24-17(28)20(21,22)23)15(26)16(27)30-12-13-8-5-4-6-9-13/h4-6,8-9,14H,7,10-12H2,1-3H3,(H,24,28)(H,25,29)/t14-/m0/s1. The molecule has 2 amide bonds. The van der Waals surface area contributed by atoms with Crippen molar-refractivity contribution in [2.45, 2.75) is 58.0 Å². The lowest BCUT2D eigenvalue weighted by Crippen LogP contribution is -2.46. The molecular formula is C20H25F3N2O6. The van der Waals surface area contributed by atoms with Crippen LogP contribution in [0.4, 0.5) is 18.0 Å². The zero-order valence-electron chi connectivity index (χ0n) is 17.4. The molecule has 8 nitrogen and oxygen atoms in total. The number of hydrogen-bond acceptors (Lipinski definition) is 6. The molecule has 0 aromatic heterocycles. The van der Waals surface area contributed by atoms with Crippen molar-refractivity contribution < 1.29 is 41.8 Å². The fraction of sp³-hybridized carbons (Fsp3) is 0.500. The number of alkyl carbamates (subject to hydrolysis) is 1. The molecule has 0 saturated heterocycles.